The zero-order valence-electron chi connectivity index (χ0n) is 26.9. The predicted octanol–water partition coefficient (Wildman–Crippen LogP) is 11.7. The highest BCUT2D eigenvalue weighted by molar-refractivity contribution is 5.38. The SMILES string of the molecule is CCCCCCCCCCCCCCCCC(CC(Cc1ncccn1)c1ccc(C(F)(F)F)cc1C(F)(F)F)c1ncccn1. The van der Waals surface area contributed by atoms with Gasteiger partial charge in [0.2, 0.25) is 0 Å². The lowest BCUT2D eigenvalue weighted by Crippen LogP contribution is -2.19. The summed E-state index contributed by atoms with van der Waals surface area (Å²) >= 11 is 0. The van der Waals surface area contributed by atoms with E-state index in [4.69, 9.17) is 0 Å². The molecule has 0 aliphatic heterocycles. The molecule has 3 rings (SSSR count). The first kappa shape index (κ1) is 37.4. The summed E-state index contributed by atoms with van der Waals surface area (Å²) in [6.07, 6.45) is 14.3. The van der Waals surface area contributed by atoms with Crippen LogP contribution >= 0.6 is 0 Å². The van der Waals surface area contributed by atoms with Crippen LogP contribution < -0.4 is 0 Å². The highest BCUT2D eigenvalue weighted by atomic mass is 19.4. The third-order valence-electron chi connectivity index (χ3n) is 8.60. The van der Waals surface area contributed by atoms with Gasteiger partial charge in [0, 0.05) is 37.1 Å². The summed E-state index contributed by atoms with van der Waals surface area (Å²) < 4.78 is 83.0. The van der Waals surface area contributed by atoms with Crippen LogP contribution in [-0.2, 0) is 18.8 Å². The van der Waals surface area contributed by atoms with Gasteiger partial charge in [-0.25, -0.2) is 19.9 Å². The minimum absolute atomic E-state index is 0.0390. The molecule has 0 amide bonds. The monoisotopic (exact) mass is 650 g/mol. The lowest BCUT2D eigenvalue weighted by atomic mass is 9.81. The Kier molecular flexibility index (Phi) is 15.9. The Morgan fingerprint density at radius 2 is 1.09 bits per heavy atom. The fourth-order valence-corrected chi connectivity index (χ4v) is 6.11. The summed E-state index contributed by atoms with van der Waals surface area (Å²) in [6.45, 7) is 2.23. The second-order valence-electron chi connectivity index (χ2n) is 12.3. The van der Waals surface area contributed by atoms with E-state index in [2.05, 4.69) is 26.9 Å². The first-order valence-electron chi connectivity index (χ1n) is 16.9. The largest absolute Gasteiger partial charge is 0.416 e. The Labute approximate surface area is 269 Å². The highest BCUT2D eigenvalue weighted by Gasteiger charge is 2.40. The third-order valence-corrected chi connectivity index (χ3v) is 8.60. The molecule has 0 bridgehead atoms. The summed E-state index contributed by atoms with van der Waals surface area (Å²) in [4.78, 5) is 17.3. The van der Waals surface area contributed by atoms with Crippen molar-refractivity contribution in [2.75, 3.05) is 0 Å². The molecule has 0 saturated heterocycles. The van der Waals surface area contributed by atoms with E-state index in [0.717, 1.165) is 37.8 Å². The molecule has 0 saturated carbocycles. The van der Waals surface area contributed by atoms with Crippen LogP contribution in [0.15, 0.2) is 55.1 Å². The van der Waals surface area contributed by atoms with Gasteiger partial charge in [-0.05, 0) is 48.6 Å². The van der Waals surface area contributed by atoms with Crippen LogP contribution in [0.4, 0.5) is 26.3 Å². The van der Waals surface area contributed by atoms with Crippen LogP contribution in [-0.4, -0.2) is 19.9 Å². The van der Waals surface area contributed by atoms with Gasteiger partial charge in [0.25, 0.3) is 0 Å². The van der Waals surface area contributed by atoms with E-state index in [9.17, 15) is 26.3 Å². The van der Waals surface area contributed by atoms with E-state index in [1.807, 2.05) is 0 Å². The maximum absolute atomic E-state index is 14.2. The molecule has 0 radical (unpaired) electrons. The van der Waals surface area contributed by atoms with E-state index < -0.39 is 29.4 Å². The summed E-state index contributed by atoms with van der Waals surface area (Å²) in [7, 11) is 0. The minimum Gasteiger partial charge on any atom is -0.241 e. The van der Waals surface area contributed by atoms with Gasteiger partial charge in [-0.2, -0.15) is 26.3 Å². The Morgan fingerprint density at radius 3 is 1.59 bits per heavy atom. The average Bonchev–Trinajstić information content (AvgIpc) is 3.03. The Hall–Kier alpha value is -3.04. The molecule has 46 heavy (non-hydrogen) atoms. The van der Waals surface area contributed by atoms with Gasteiger partial charge in [-0.15, -0.1) is 0 Å². The van der Waals surface area contributed by atoms with E-state index in [-0.39, 0.29) is 30.4 Å². The van der Waals surface area contributed by atoms with Crippen molar-refractivity contribution in [3.63, 3.8) is 0 Å². The number of hydrogen-bond donors (Lipinski definition) is 0. The summed E-state index contributed by atoms with van der Waals surface area (Å²) in [5.41, 5.74) is -2.81. The molecule has 0 aliphatic carbocycles. The first-order valence-corrected chi connectivity index (χ1v) is 16.9. The van der Waals surface area contributed by atoms with Crippen molar-refractivity contribution in [1.29, 1.82) is 0 Å². The minimum atomic E-state index is -4.97. The lowest BCUT2D eigenvalue weighted by Gasteiger charge is -2.26. The van der Waals surface area contributed by atoms with E-state index >= 15 is 0 Å². The van der Waals surface area contributed by atoms with Crippen molar-refractivity contribution in [2.45, 2.75) is 140 Å². The fraction of sp³-hybridized carbons (Fsp3) is 0.611. The fourth-order valence-electron chi connectivity index (χ4n) is 6.11. The molecule has 3 aromatic rings. The number of benzene rings is 1. The number of hydrogen-bond acceptors (Lipinski definition) is 4. The molecule has 0 spiro atoms. The van der Waals surface area contributed by atoms with Gasteiger partial charge in [0.15, 0.2) is 0 Å². The summed E-state index contributed by atoms with van der Waals surface area (Å²) in [6, 6.07) is 5.20. The Balaban J connectivity index is 1.66. The third kappa shape index (κ3) is 13.4. The molecule has 254 valence electrons. The zero-order valence-corrected chi connectivity index (χ0v) is 26.9. The van der Waals surface area contributed by atoms with Crippen LogP contribution in [0.3, 0.4) is 0 Å². The lowest BCUT2D eigenvalue weighted by molar-refractivity contribution is -0.143. The van der Waals surface area contributed by atoms with Crippen LogP contribution in [0.1, 0.15) is 150 Å². The average molecular weight is 651 g/mol. The number of unbranched alkanes of at least 4 members (excludes halogenated alkanes) is 13. The molecule has 4 nitrogen and oxygen atoms in total. The second-order valence-corrected chi connectivity index (χ2v) is 12.3. The van der Waals surface area contributed by atoms with Crippen molar-refractivity contribution < 1.29 is 26.3 Å². The van der Waals surface area contributed by atoms with Crippen molar-refractivity contribution in [3.05, 3.63) is 83.5 Å². The molecule has 0 fully saturated rings. The smallest absolute Gasteiger partial charge is 0.241 e. The topological polar surface area (TPSA) is 51.6 Å². The molecular weight excluding hydrogens is 602 g/mol. The molecule has 1 aromatic carbocycles. The van der Waals surface area contributed by atoms with Gasteiger partial charge in [0.05, 0.1) is 11.1 Å². The predicted molar refractivity (Wildman–Crippen MR) is 169 cm³/mol. The Morgan fingerprint density at radius 1 is 0.587 bits per heavy atom. The quantitative estimate of drug-likeness (QED) is 0.0850. The Bertz CT molecular complexity index is 1230. The maximum Gasteiger partial charge on any atom is 0.416 e. The molecular formula is C36H48F6N4. The van der Waals surface area contributed by atoms with Crippen LogP contribution in [0.2, 0.25) is 0 Å². The zero-order chi connectivity index (χ0) is 33.3. The number of rotatable bonds is 21. The van der Waals surface area contributed by atoms with Crippen molar-refractivity contribution in [3.8, 4) is 0 Å². The van der Waals surface area contributed by atoms with Crippen LogP contribution in [0.25, 0.3) is 0 Å². The van der Waals surface area contributed by atoms with E-state index in [1.54, 1.807) is 24.5 Å². The maximum atomic E-state index is 14.2. The van der Waals surface area contributed by atoms with Gasteiger partial charge in [0.1, 0.15) is 11.6 Å². The molecule has 10 heteroatoms. The first-order chi connectivity index (χ1) is 22.1. The number of alkyl halides is 6. The van der Waals surface area contributed by atoms with Crippen LogP contribution in [0, 0.1) is 0 Å². The van der Waals surface area contributed by atoms with Crippen molar-refractivity contribution in [2.24, 2.45) is 0 Å². The highest BCUT2D eigenvalue weighted by Crippen LogP contribution is 2.43. The number of aromatic nitrogens is 4. The molecule has 0 aliphatic rings. The van der Waals surface area contributed by atoms with Crippen LogP contribution in [0.5, 0.6) is 0 Å². The number of nitrogens with zero attached hydrogens (tertiary/aromatic N) is 4. The molecule has 2 aromatic heterocycles. The van der Waals surface area contributed by atoms with Gasteiger partial charge in [-0.3, -0.25) is 0 Å². The van der Waals surface area contributed by atoms with Crippen molar-refractivity contribution in [1.82, 2.24) is 19.9 Å². The normalized spacial score (nSPS) is 13.5. The molecule has 2 heterocycles. The standard InChI is InChI=1S/C36H48F6N4/c1-2-3-4-5-6-7-8-9-10-11-12-13-14-15-18-28(34-45-23-17-24-46-34)25-29(26-33-43-21-16-22-44-33)31-20-19-30(35(37,38)39)27-32(31)36(40,41)42/h16-17,19-24,27-29H,2-15,18,25-26H2,1H3. The van der Waals surface area contributed by atoms with Gasteiger partial charge in [-0.1, -0.05) is 103 Å². The second kappa shape index (κ2) is 19.6. The summed E-state index contributed by atoms with van der Waals surface area (Å²) in [5, 5.41) is 0. The van der Waals surface area contributed by atoms with Crippen molar-refractivity contribution >= 4 is 0 Å². The molecule has 2 atom stereocenters. The summed E-state index contributed by atoms with van der Waals surface area (Å²) in [5.74, 6) is -0.237. The van der Waals surface area contributed by atoms with E-state index in [0.29, 0.717) is 18.1 Å². The molecule has 0 N–H and O–H groups in total. The van der Waals surface area contributed by atoms with Gasteiger partial charge < -0.3 is 0 Å². The van der Waals surface area contributed by atoms with E-state index in [1.165, 1.54) is 76.6 Å². The molecule has 2 unspecified atom stereocenters. The van der Waals surface area contributed by atoms with Gasteiger partial charge >= 0.3 is 12.4 Å². The number of halogens is 6.